The summed E-state index contributed by atoms with van der Waals surface area (Å²) in [5.74, 6) is 3.11. The topological polar surface area (TPSA) is 51.2 Å². The summed E-state index contributed by atoms with van der Waals surface area (Å²) < 4.78 is 0. The van der Waals surface area contributed by atoms with Crippen molar-refractivity contribution in [1.29, 1.82) is 0 Å². The summed E-state index contributed by atoms with van der Waals surface area (Å²) in [7, 11) is 0. The van der Waals surface area contributed by atoms with Crippen molar-refractivity contribution < 1.29 is 14.4 Å². The van der Waals surface area contributed by atoms with Gasteiger partial charge < -0.3 is 0 Å². The zero-order chi connectivity index (χ0) is 33.8. The van der Waals surface area contributed by atoms with E-state index >= 15 is 0 Å². The molecule has 1 unspecified atom stereocenters. The van der Waals surface area contributed by atoms with E-state index in [1.54, 1.807) is 0 Å². The van der Waals surface area contributed by atoms with Gasteiger partial charge in [-0.3, -0.25) is 14.4 Å². The molecule has 0 aliphatic heterocycles. The highest BCUT2D eigenvalue weighted by molar-refractivity contribution is 5.97. The zero-order valence-corrected chi connectivity index (χ0v) is 30.2. The van der Waals surface area contributed by atoms with Gasteiger partial charge in [-0.25, -0.2) is 0 Å². The van der Waals surface area contributed by atoms with Crippen molar-refractivity contribution in [3.8, 4) is 0 Å². The van der Waals surface area contributed by atoms with E-state index in [2.05, 4.69) is 62.9 Å². The summed E-state index contributed by atoms with van der Waals surface area (Å²) >= 11 is 0. The lowest BCUT2D eigenvalue weighted by Gasteiger charge is -2.39. The van der Waals surface area contributed by atoms with Crippen LogP contribution < -0.4 is 0 Å². The number of aryl methyl sites for hydroxylation is 2. The van der Waals surface area contributed by atoms with Gasteiger partial charge in [-0.1, -0.05) is 105 Å². The smallest absolute Gasteiger partial charge is 0.142 e. The van der Waals surface area contributed by atoms with Crippen LogP contribution in [-0.2, 0) is 33.6 Å². The van der Waals surface area contributed by atoms with E-state index in [4.69, 9.17) is 0 Å². The van der Waals surface area contributed by atoms with Gasteiger partial charge in [-0.2, -0.15) is 0 Å². The van der Waals surface area contributed by atoms with E-state index < -0.39 is 5.41 Å². The third kappa shape index (κ3) is 8.31. The van der Waals surface area contributed by atoms with Crippen LogP contribution >= 0.6 is 0 Å². The highest BCUT2D eigenvalue weighted by Gasteiger charge is 2.44. The molecule has 0 bridgehead atoms. The van der Waals surface area contributed by atoms with Crippen LogP contribution in [0.2, 0.25) is 0 Å². The Bertz CT molecular complexity index is 1460. The largest absolute Gasteiger partial charge is 0.299 e. The molecule has 0 spiro atoms. The molecule has 3 fully saturated rings. The van der Waals surface area contributed by atoms with Gasteiger partial charge in [0.05, 0.1) is 0 Å². The molecule has 3 heteroatoms. The van der Waals surface area contributed by atoms with Crippen LogP contribution in [0.4, 0.5) is 0 Å². The highest BCUT2D eigenvalue weighted by Crippen LogP contribution is 2.46. The first-order valence-corrected chi connectivity index (χ1v) is 19.5. The van der Waals surface area contributed by atoms with E-state index in [0.717, 1.165) is 92.7 Å². The Morgan fingerprint density at radius 2 is 1.29 bits per heavy atom. The maximum Gasteiger partial charge on any atom is 0.142 e. The molecule has 0 radical (unpaired) electrons. The molecule has 4 aliphatic carbocycles. The number of rotatable bonds is 11. The number of Topliss-reactive ketones (excluding diaryl/α,β-unsaturated/α-hetero) is 3. The molecule has 2 aromatic carbocycles. The molecule has 3 nitrogen and oxygen atoms in total. The van der Waals surface area contributed by atoms with Crippen molar-refractivity contribution in [2.24, 2.45) is 40.9 Å². The molecule has 258 valence electrons. The zero-order valence-electron chi connectivity index (χ0n) is 30.2. The van der Waals surface area contributed by atoms with Gasteiger partial charge in [-0.05, 0) is 118 Å². The molecule has 0 amide bonds. The molecule has 2 atom stereocenters. The number of carbonyl (C=O) groups excluding carboxylic acids is 3. The lowest BCUT2D eigenvalue weighted by molar-refractivity contribution is -0.142. The first-order chi connectivity index (χ1) is 23.1. The van der Waals surface area contributed by atoms with Crippen LogP contribution in [0.25, 0.3) is 0 Å². The first-order valence-electron chi connectivity index (χ1n) is 19.5. The van der Waals surface area contributed by atoms with E-state index in [1.807, 2.05) is 6.92 Å². The molecule has 6 rings (SSSR count). The molecule has 0 saturated heterocycles. The van der Waals surface area contributed by atoms with Crippen molar-refractivity contribution >= 4 is 17.3 Å². The van der Waals surface area contributed by atoms with E-state index in [-0.39, 0.29) is 42.0 Å². The number of benzene rings is 2. The van der Waals surface area contributed by atoms with Gasteiger partial charge >= 0.3 is 0 Å². The fourth-order valence-electron chi connectivity index (χ4n) is 10.6. The SMILES string of the molecule is C=C1Cc2ccccc2CC1C1CCC(C(=O)C[C@](C)(CC(=O)Cc2cc(C)cc(C)c2)C(=O)C2CCC(C3CCCCC3)CC2)CC1. The Hall–Kier alpha value is -2.81. The Kier molecular flexibility index (Phi) is 11.2. The van der Waals surface area contributed by atoms with Gasteiger partial charge in [0.25, 0.3) is 0 Å². The second-order valence-electron chi connectivity index (χ2n) is 17.0. The summed E-state index contributed by atoms with van der Waals surface area (Å²) in [6.07, 6.45) is 17.5. The average Bonchev–Trinajstić information content (AvgIpc) is 3.07. The third-order valence-corrected chi connectivity index (χ3v) is 13.2. The molecule has 48 heavy (non-hydrogen) atoms. The van der Waals surface area contributed by atoms with Gasteiger partial charge in [-0.15, -0.1) is 0 Å². The summed E-state index contributed by atoms with van der Waals surface area (Å²) in [5, 5.41) is 0. The molecular weight excluding hydrogens is 588 g/mol. The maximum atomic E-state index is 14.5. The van der Waals surface area contributed by atoms with Crippen molar-refractivity contribution in [3.63, 3.8) is 0 Å². The lowest BCUT2D eigenvalue weighted by Crippen LogP contribution is -2.41. The fourth-order valence-corrected chi connectivity index (χ4v) is 10.6. The van der Waals surface area contributed by atoms with Gasteiger partial charge in [0.1, 0.15) is 17.3 Å². The minimum Gasteiger partial charge on any atom is -0.299 e. The maximum absolute atomic E-state index is 14.5. The quantitative estimate of drug-likeness (QED) is 0.228. The molecular formula is C45H60O3. The van der Waals surface area contributed by atoms with Crippen LogP contribution in [0.1, 0.15) is 131 Å². The van der Waals surface area contributed by atoms with Crippen molar-refractivity contribution in [2.45, 2.75) is 136 Å². The molecule has 3 saturated carbocycles. The van der Waals surface area contributed by atoms with E-state index in [1.165, 1.54) is 48.8 Å². The van der Waals surface area contributed by atoms with Crippen LogP contribution in [0.5, 0.6) is 0 Å². The predicted octanol–water partition coefficient (Wildman–Crippen LogP) is 10.5. The molecule has 0 heterocycles. The second kappa shape index (κ2) is 15.4. The lowest BCUT2D eigenvalue weighted by atomic mass is 9.63. The Balaban J connectivity index is 1.11. The molecule has 4 aliphatic rings. The summed E-state index contributed by atoms with van der Waals surface area (Å²) in [4.78, 5) is 42.3. The number of hydrogen-bond donors (Lipinski definition) is 0. The number of fused-ring (bicyclic) bond motifs is 1. The minimum absolute atomic E-state index is 0.00548. The number of carbonyl (C=O) groups is 3. The summed E-state index contributed by atoms with van der Waals surface area (Å²) in [5.41, 5.74) is 6.62. The number of ketones is 3. The number of allylic oxidation sites excluding steroid dienone is 1. The van der Waals surface area contributed by atoms with Crippen LogP contribution in [0.3, 0.4) is 0 Å². The predicted molar refractivity (Wildman–Crippen MR) is 196 cm³/mol. The molecule has 0 aromatic heterocycles. The van der Waals surface area contributed by atoms with Crippen LogP contribution in [-0.4, -0.2) is 17.3 Å². The standard InChI is InChI=1S/C45H60O3/c1-30-22-31(2)24-33(23-30)26-41(46)28-45(4,44(48)38-20-14-35(15-21-38)34-10-6-5-7-11-34)29-43(47)37-18-16-36(17-19-37)42-27-40-13-9-8-12-39(40)25-32(42)3/h8-9,12-13,22-24,34-38,42H,3,5-7,10-11,14-21,25-29H2,1-2,4H3/t35?,36?,37?,38?,42?,45-/m0/s1. The van der Waals surface area contributed by atoms with Crippen LogP contribution in [0.15, 0.2) is 54.6 Å². The monoisotopic (exact) mass is 648 g/mol. The Morgan fingerprint density at radius 1 is 0.708 bits per heavy atom. The summed E-state index contributed by atoms with van der Waals surface area (Å²) in [6.45, 7) is 10.6. The van der Waals surface area contributed by atoms with Crippen molar-refractivity contribution in [2.75, 3.05) is 0 Å². The van der Waals surface area contributed by atoms with Crippen molar-refractivity contribution in [3.05, 3.63) is 82.4 Å². The second-order valence-corrected chi connectivity index (χ2v) is 17.0. The van der Waals surface area contributed by atoms with E-state index in [9.17, 15) is 14.4 Å². The Labute approximate surface area is 290 Å². The van der Waals surface area contributed by atoms with Crippen molar-refractivity contribution in [1.82, 2.24) is 0 Å². The average molecular weight is 649 g/mol. The minimum atomic E-state index is -0.923. The van der Waals surface area contributed by atoms with E-state index in [0.29, 0.717) is 18.3 Å². The van der Waals surface area contributed by atoms with Gasteiger partial charge in [0.15, 0.2) is 0 Å². The highest BCUT2D eigenvalue weighted by atomic mass is 16.1. The fraction of sp³-hybridized carbons (Fsp3) is 0.622. The summed E-state index contributed by atoms with van der Waals surface area (Å²) in [6, 6.07) is 15.1. The first kappa shape index (κ1) is 35.0. The van der Waals surface area contributed by atoms with Gasteiger partial charge in [0, 0.05) is 36.5 Å². The molecule has 2 aromatic rings. The van der Waals surface area contributed by atoms with Crippen LogP contribution in [0, 0.1) is 54.8 Å². The molecule has 0 N–H and O–H groups in total. The normalized spacial score (nSPS) is 27.9. The van der Waals surface area contributed by atoms with Gasteiger partial charge in [0.2, 0.25) is 0 Å². The Morgan fingerprint density at radius 3 is 1.96 bits per heavy atom. The number of hydrogen-bond acceptors (Lipinski definition) is 3. The third-order valence-electron chi connectivity index (χ3n) is 13.2.